The van der Waals surface area contributed by atoms with E-state index < -0.39 is 10.0 Å². The Hall–Kier alpha value is -0.890. The molecule has 0 aromatic carbocycles. The number of ether oxygens (including phenoxy) is 1. The molecule has 2 heterocycles. The fourth-order valence-electron chi connectivity index (χ4n) is 2.46. The zero-order valence-electron chi connectivity index (χ0n) is 11.4. The van der Waals surface area contributed by atoms with Gasteiger partial charge in [0.15, 0.2) is 0 Å². The fraction of sp³-hybridized carbons (Fsp3) is 0.667. The van der Waals surface area contributed by atoms with Gasteiger partial charge in [0.1, 0.15) is 4.90 Å². The minimum absolute atomic E-state index is 0.289. The molecular weight excluding hydrogens is 266 g/mol. The Morgan fingerprint density at radius 1 is 1.53 bits per heavy atom. The number of sulfonamides is 1. The average molecular weight is 287 g/mol. The van der Waals surface area contributed by atoms with Crippen LogP contribution in [0.5, 0.6) is 0 Å². The summed E-state index contributed by atoms with van der Waals surface area (Å²) in [4.78, 5) is 0.327. The van der Waals surface area contributed by atoms with Gasteiger partial charge >= 0.3 is 0 Å². The second-order valence-corrected chi connectivity index (χ2v) is 6.89. The van der Waals surface area contributed by atoms with Crippen molar-refractivity contribution in [2.45, 2.75) is 17.9 Å². The monoisotopic (exact) mass is 287 g/mol. The highest BCUT2D eigenvalue weighted by molar-refractivity contribution is 7.89. The standard InChI is InChI=1S/C12H21N3O3S/c1-14-8-12(5-11(14)6-13)19(16,17)15-4-3-10(7-15)9-18-2/h5,8,10H,3-4,6-7,9,13H2,1-2H3. The van der Waals surface area contributed by atoms with Crippen LogP contribution in [0, 0.1) is 5.92 Å². The van der Waals surface area contributed by atoms with E-state index in [1.54, 1.807) is 31.0 Å². The van der Waals surface area contributed by atoms with Crippen LogP contribution >= 0.6 is 0 Å². The lowest BCUT2D eigenvalue weighted by molar-refractivity contribution is 0.157. The molecule has 0 amide bonds. The Kier molecular flexibility index (Phi) is 4.29. The largest absolute Gasteiger partial charge is 0.384 e. The quantitative estimate of drug-likeness (QED) is 0.835. The van der Waals surface area contributed by atoms with Gasteiger partial charge in [-0.1, -0.05) is 0 Å². The first kappa shape index (κ1) is 14.5. The van der Waals surface area contributed by atoms with Crippen molar-refractivity contribution < 1.29 is 13.2 Å². The Labute approximate surface area is 114 Å². The number of nitrogens with two attached hydrogens (primary N) is 1. The van der Waals surface area contributed by atoms with Gasteiger partial charge in [0.2, 0.25) is 10.0 Å². The number of methoxy groups -OCH3 is 1. The summed E-state index contributed by atoms with van der Waals surface area (Å²) in [5.41, 5.74) is 6.39. The van der Waals surface area contributed by atoms with Crippen molar-refractivity contribution in [1.29, 1.82) is 0 Å². The van der Waals surface area contributed by atoms with Crippen molar-refractivity contribution in [3.05, 3.63) is 18.0 Å². The highest BCUT2D eigenvalue weighted by atomic mass is 32.2. The zero-order valence-corrected chi connectivity index (χ0v) is 12.2. The van der Waals surface area contributed by atoms with E-state index in [4.69, 9.17) is 10.5 Å². The van der Waals surface area contributed by atoms with Gasteiger partial charge in [-0.05, 0) is 18.4 Å². The molecule has 0 spiro atoms. The van der Waals surface area contributed by atoms with Gasteiger partial charge in [0.25, 0.3) is 0 Å². The second-order valence-electron chi connectivity index (χ2n) is 4.96. The number of aromatic nitrogens is 1. The predicted octanol–water partition coefficient (Wildman–Crippen LogP) is 0.141. The van der Waals surface area contributed by atoms with Crippen LogP contribution in [-0.4, -0.2) is 44.1 Å². The molecule has 7 heteroatoms. The van der Waals surface area contributed by atoms with E-state index in [0.29, 0.717) is 31.1 Å². The summed E-state index contributed by atoms with van der Waals surface area (Å²) >= 11 is 0. The van der Waals surface area contributed by atoms with Crippen LogP contribution in [-0.2, 0) is 28.4 Å². The molecule has 1 aliphatic heterocycles. The Balaban J connectivity index is 2.18. The van der Waals surface area contributed by atoms with Gasteiger partial charge < -0.3 is 15.0 Å². The SMILES string of the molecule is COCC1CCN(S(=O)(=O)c2cc(CN)n(C)c2)C1. The molecule has 1 fully saturated rings. The second kappa shape index (κ2) is 5.62. The number of aryl methyl sites for hydroxylation is 1. The third-order valence-corrected chi connectivity index (χ3v) is 5.41. The van der Waals surface area contributed by atoms with E-state index >= 15 is 0 Å². The van der Waals surface area contributed by atoms with Crippen molar-refractivity contribution in [3.8, 4) is 0 Å². The molecule has 0 aliphatic carbocycles. The highest BCUT2D eigenvalue weighted by Gasteiger charge is 2.33. The van der Waals surface area contributed by atoms with Crippen LogP contribution in [0.2, 0.25) is 0 Å². The van der Waals surface area contributed by atoms with Crippen LogP contribution in [0.4, 0.5) is 0 Å². The van der Waals surface area contributed by atoms with E-state index in [-0.39, 0.29) is 5.92 Å². The van der Waals surface area contributed by atoms with Crippen LogP contribution in [0.1, 0.15) is 12.1 Å². The molecule has 6 nitrogen and oxygen atoms in total. The summed E-state index contributed by atoms with van der Waals surface area (Å²) in [5.74, 6) is 0.289. The van der Waals surface area contributed by atoms with Gasteiger partial charge in [0, 0.05) is 45.7 Å². The highest BCUT2D eigenvalue weighted by Crippen LogP contribution is 2.25. The molecule has 0 radical (unpaired) electrons. The van der Waals surface area contributed by atoms with Gasteiger partial charge in [-0.2, -0.15) is 4.31 Å². The van der Waals surface area contributed by atoms with Crippen LogP contribution < -0.4 is 5.73 Å². The molecule has 0 bridgehead atoms. The topological polar surface area (TPSA) is 77.6 Å². The van der Waals surface area contributed by atoms with Gasteiger partial charge in [-0.15, -0.1) is 0 Å². The minimum Gasteiger partial charge on any atom is -0.384 e. The molecule has 1 aromatic heterocycles. The van der Waals surface area contributed by atoms with Crippen molar-refractivity contribution >= 4 is 10.0 Å². The van der Waals surface area contributed by atoms with Gasteiger partial charge in [-0.25, -0.2) is 8.42 Å². The summed E-state index contributed by atoms with van der Waals surface area (Å²) in [6.07, 6.45) is 2.48. The van der Waals surface area contributed by atoms with Gasteiger partial charge in [-0.3, -0.25) is 0 Å². The van der Waals surface area contributed by atoms with E-state index in [1.165, 1.54) is 4.31 Å². The van der Waals surface area contributed by atoms with E-state index in [1.807, 2.05) is 0 Å². The summed E-state index contributed by atoms with van der Waals surface area (Å²) in [7, 11) is 0.0449. The molecule has 1 saturated heterocycles. The van der Waals surface area contributed by atoms with Crippen molar-refractivity contribution in [2.75, 3.05) is 26.8 Å². The number of hydrogen-bond donors (Lipinski definition) is 1. The molecule has 1 atom stereocenters. The first-order valence-electron chi connectivity index (χ1n) is 6.33. The summed E-state index contributed by atoms with van der Waals surface area (Å²) < 4.78 is 33.4. The maximum Gasteiger partial charge on any atom is 0.244 e. The first-order valence-corrected chi connectivity index (χ1v) is 7.77. The molecular formula is C12H21N3O3S. The number of hydrogen-bond acceptors (Lipinski definition) is 4. The molecule has 1 unspecified atom stereocenters. The van der Waals surface area contributed by atoms with E-state index in [2.05, 4.69) is 0 Å². The van der Waals surface area contributed by atoms with Gasteiger partial charge in [0.05, 0.1) is 6.61 Å². The van der Waals surface area contributed by atoms with Crippen molar-refractivity contribution in [2.24, 2.45) is 18.7 Å². The maximum absolute atomic E-state index is 12.5. The average Bonchev–Trinajstić information content (AvgIpc) is 2.96. The molecule has 2 N–H and O–H groups in total. The zero-order chi connectivity index (χ0) is 14.0. The molecule has 1 aliphatic rings. The number of nitrogens with zero attached hydrogens (tertiary/aromatic N) is 2. The van der Waals surface area contributed by atoms with E-state index in [0.717, 1.165) is 12.1 Å². The summed E-state index contributed by atoms with van der Waals surface area (Å²) in [5, 5.41) is 0. The Bertz CT molecular complexity index is 538. The maximum atomic E-state index is 12.5. The Morgan fingerprint density at radius 3 is 2.84 bits per heavy atom. The minimum atomic E-state index is -3.40. The summed E-state index contributed by atoms with van der Waals surface area (Å²) in [6.45, 7) is 2.03. The molecule has 1 aromatic rings. The van der Waals surface area contributed by atoms with Crippen LogP contribution in [0.25, 0.3) is 0 Å². The Morgan fingerprint density at radius 2 is 2.26 bits per heavy atom. The van der Waals surface area contributed by atoms with Crippen molar-refractivity contribution in [3.63, 3.8) is 0 Å². The molecule has 0 saturated carbocycles. The third kappa shape index (κ3) is 2.84. The van der Waals surface area contributed by atoms with Crippen LogP contribution in [0.15, 0.2) is 17.2 Å². The predicted molar refractivity (Wildman–Crippen MR) is 72.0 cm³/mol. The van der Waals surface area contributed by atoms with Crippen molar-refractivity contribution in [1.82, 2.24) is 8.87 Å². The number of rotatable bonds is 5. The van der Waals surface area contributed by atoms with Crippen LogP contribution in [0.3, 0.4) is 0 Å². The smallest absolute Gasteiger partial charge is 0.244 e. The normalized spacial score (nSPS) is 21.1. The molecule has 108 valence electrons. The third-order valence-electron chi connectivity index (χ3n) is 3.58. The molecule has 2 rings (SSSR count). The first-order chi connectivity index (χ1) is 8.98. The molecule has 19 heavy (non-hydrogen) atoms. The van der Waals surface area contributed by atoms with E-state index in [9.17, 15) is 8.42 Å². The fourth-order valence-corrected chi connectivity index (χ4v) is 4.08. The summed E-state index contributed by atoms with van der Waals surface area (Å²) in [6, 6.07) is 1.65. The lowest BCUT2D eigenvalue weighted by Gasteiger charge is -2.15. The lowest BCUT2D eigenvalue weighted by atomic mass is 10.1. The lowest BCUT2D eigenvalue weighted by Crippen LogP contribution is -2.29.